The van der Waals surface area contributed by atoms with Gasteiger partial charge in [-0.15, -0.1) is 0 Å². The molecule has 0 fully saturated rings. The molecule has 0 atom stereocenters. The number of carbonyl (C=O) groups excluding carboxylic acids is 2. The lowest BCUT2D eigenvalue weighted by molar-refractivity contribution is -0.115. The average molecular weight is 267 g/mol. The van der Waals surface area contributed by atoms with E-state index in [1.54, 1.807) is 36.4 Å². The van der Waals surface area contributed by atoms with E-state index >= 15 is 0 Å². The van der Waals surface area contributed by atoms with E-state index in [4.69, 9.17) is 5.73 Å². The fourth-order valence-electron chi connectivity index (χ4n) is 2.14. The molecule has 0 bridgehead atoms. The Labute approximate surface area is 115 Å². The van der Waals surface area contributed by atoms with Crippen molar-refractivity contribution in [1.29, 1.82) is 0 Å². The summed E-state index contributed by atoms with van der Waals surface area (Å²) in [7, 11) is 0. The van der Waals surface area contributed by atoms with Gasteiger partial charge in [0.25, 0.3) is 5.91 Å². The quantitative estimate of drug-likeness (QED) is 0.728. The predicted molar refractivity (Wildman–Crippen MR) is 77.6 cm³/mol. The van der Waals surface area contributed by atoms with Gasteiger partial charge in [-0.2, -0.15) is 0 Å². The van der Waals surface area contributed by atoms with Crippen LogP contribution in [0.2, 0.25) is 0 Å². The van der Waals surface area contributed by atoms with E-state index in [1.165, 1.54) is 0 Å². The van der Waals surface area contributed by atoms with Crippen molar-refractivity contribution >= 4 is 28.9 Å². The SMILES string of the molecule is Nc1ccc(C(=O)Nc2ccc3c(c2)CC(=O)N3)cc1. The topological polar surface area (TPSA) is 84.2 Å². The van der Waals surface area contributed by atoms with E-state index in [0.717, 1.165) is 11.3 Å². The van der Waals surface area contributed by atoms with Gasteiger partial charge in [-0.05, 0) is 48.0 Å². The third-order valence-corrected chi connectivity index (χ3v) is 3.16. The molecule has 1 heterocycles. The molecule has 0 radical (unpaired) electrons. The zero-order valence-corrected chi connectivity index (χ0v) is 10.6. The van der Waals surface area contributed by atoms with Crippen LogP contribution in [-0.2, 0) is 11.2 Å². The monoisotopic (exact) mass is 267 g/mol. The highest BCUT2D eigenvalue weighted by molar-refractivity contribution is 6.05. The van der Waals surface area contributed by atoms with Crippen LogP contribution in [0.3, 0.4) is 0 Å². The minimum atomic E-state index is -0.206. The molecular formula is C15H13N3O2. The van der Waals surface area contributed by atoms with Crippen LogP contribution in [0.4, 0.5) is 17.1 Å². The maximum Gasteiger partial charge on any atom is 0.255 e. The maximum absolute atomic E-state index is 12.1. The van der Waals surface area contributed by atoms with Crippen molar-refractivity contribution in [1.82, 2.24) is 0 Å². The number of nitrogens with two attached hydrogens (primary N) is 1. The molecule has 3 rings (SSSR count). The fraction of sp³-hybridized carbons (Fsp3) is 0.0667. The van der Waals surface area contributed by atoms with Crippen LogP contribution in [0.5, 0.6) is 0 Å². The van der Waals surface area contributed by atoms with Crippen molar-refractivity contribution in [2.45, 2.75) is 6.42 Å². The number of hydrogen-bond acceptors (Lipinski definition) is 3. The maximum atomic E-state index is 12.1. The summed E-state index contributed by atoms with van der Waals surface area (Å²) in [5.74, 6) is -0.232. The van der Waals surface area contributed by atoms with Crippen LogP contribution in [0.25, 0.3) is 0 Å². The Bertz CT molecular complexity index is 693. The Morgan fingerprint density at radius 3 is 2.65 bits per heavy atom. The molecule has 0 unspecified atom stereocenters. The Kier molecular flexibility index (Phi) is 2.87. The van der Waals surface area contributed by atoms with Crippen molar-refractivity contribution in [3.63, 3.8) is 0 Å². The number of amides is 2. The van der Waals surface area contributed by atoms with Crippen molar-refractivity contribution in [3.8, 4) is 0 Å². The molecule has 0 saturated carbocycles. The number of fused-ring (bicyclic) bond motifs is 1. The van der Waals surface area contributed by atoms with E-state index in [9.17, 15) is 9.59 Å². The van der Waals surface area contributed by atoms with Crippen LogP contribution in [0.15, 0.2) is 42.5 Å². The Morgan fingerprint density at radius 2 is 1.90 bits per heavy atom. The molecule has 1 aliphatic heterocycles. The molecule has 2 aromatic carbocycles. The van der Waals surface area contributed by atoms with Crippen molar-refractivity contribution in [2.75, 3.05) is 16.4 Å². The van der Waals surface area contributed by atoms with Gasteiger partial charge >= 0.3 is 0 Å². The highest BCUT2D eigenvalue weighted by atomic mass is 16.2. The van der Waals surface area contributed by atoms with Crippen LogP contribution in [0, 0.1) is 0 Å². The van der Waals surface area contributed by atoms with Crippen LogP contribution in [0.1, 0.15) is 15.9 Å². The molecule has 4 N–H and O–H groups in total. The lowest BCUT2D eigenvalue weighted by Gasteiger charge is -2.07. The van der Waals surface area contributed by atoms with Crippen LogP contribution in [-0.4, -0.2) is 11.8 Å². The molecular weight excluding hydrogens is 254 g/mol. The summed E-state index contributed by atoms with van der Waals surface area (Å²) < 4.78 is 0. The smallest absolute Gasteiger partial charge is 0.255 e. The zero-order chi connectivity index (χ0) is 14.1. The first-order valence-electron chi connectivity index (χ1n) is 6.21. The normalized spacial score (nSPS) is 12.7. The molecule has 0 saturated heterocycles. The Balaban J connectivity index is 1.78. The van der Waals surface area contributed by atoms with Gasteiger partial charge in [0, 0.05) is 22.6 Å². The van der Waals surface area contributed by atoms with Gasteiger partial charge in [0.15, 0.2) is 0 Å². The van der Waals surface area contributed by atoms with Gasteiger partial charge in [-0.25, -0.2) is 0 Å². The molecule has 5 nitrogen and oxygen atoms in total. The second kappa shape index (κ2) is 4.70. The van der Waals surface area contributed by atoms with Gasteiger partial charge in [0.05, 0.1) is 6.42 Å². The molecule has 0 aliphatic carbocycles. The molecule has 1 aliphatic rings. The minimum Gasteiger partial charge on any atom is -0.399 e. The van der Waals surface area contributed by atoms with Gasteiger partial charge in [0.2, 0.25) is 5.91 Å². The predicted octanol–water partition coefficient (Wildman–Crippen LogP) is 2.02. The summed E-state index contributed by atoms with van der Waals surface area (Å²) >= 11 is 0. The van der Waals surface area contributed by atoms with Crippen molar-refractivity contribution < 1.29 is 9.59 Å². The molecule has 2 aromatic rings. The number of benzene rings is 2. The molecule has 2 amide bonds. The molecule has 20 heavy (non-hydrogen) atoms. The second-order valence-electron chi connectivity index (χ2n) is 4.67. The average Bonchev–Trinajstić information content (AvgIpc) is 2.78. The second-order valence-corrected chi connectivity index (χ2v) is 4.67. The standard InChI is InChI=1S/C15H13N3O2/c16-11-3-1-9(2-4-11)15(20)17-12-5-6-13-10(7-12)8-14(19)18-13/h1-7H,8,16H2,(H,17,20)(H,18,19). The number of hydrogen-bond donors (Lipinski definition) is 3. The molecule has 0 aromatic heterocycles. The first-order chi connectivity index (χ1) is 9.61. The molecule has 5 heteroatoms. The Hall–Kier alpha value is -2.82. The van der Waals surface area contributed by atoms with Crippen LogP contribution >= 0.6 is 0 Å². The lowest BCUT2D eigenvalue weighted by atomic mass is 10.1. The van der Waals surface area contributed by atoms with Gasteiger partial charge in [-0.3, -0.25) is 9.59 Å². The number of nitrogens with one attached hydrogen (secondary N) is 2. The third kappa shape index (κ3) is 2.33. The Morgan fingerprint density at radius 1 is 1.15 bits per heavy atom. The number of rotatable bonds is 2. The third-order valence-electron chi connectivity index (χ3n) is 3.16. The van der Waals surface area contributed by atoms with E-state index in [0.29, 0.717) is 23.4 Å². The first-order valence-corrected chi connectivity index (χ1v) is 6.21. The summed E-state index contributed by atoms with van der Waals surface area (Å²) in [5.41, 5.74) is 9.10. The molecule has 0 spiro atoms. The summed E-state index contributed by atoms with van der Waals surface area (Å²) in [5, 5.41) is 5.55. The fourth-order valence-corrected chi connectivity index (χ4v) is 2.14. The summed E-state index contributed by atoms with van der Waals surface area (Å²) in [6.45, 7) is 0. The largest absolute Gasteiger partial charge is 0.399 e. The summed E-state index contributed by atoms with van der Waals surface area (Å²) in [4.78, 5) is 23.3. The van der Waals surface area contributed by atoms with Crippen molar-refractivity contribution in [3.05, 3.63) is 53.6 Å². The zero-order valence-electron chi connectivity index (χ0n) is 10.6. The number of nitrogen functional groups attached to an aromatic ring is 1. The van der Waals surface area contributed by atoms with Gasteiger partial charge < -0.3 is 16.4 Å². The van der Waals surface area contributed by atoms with E-state index in [2.05, 4.69) is 10.6 Å². The summed E-state index contributed by atoms with van der Waals surface area (Å²) in [6.07, 6.45) is 0.348. The highest BCUT2D eigenvalue weighted by Crippen LogP contribution is 2.26. The highest BCUT2D eigenvalue weighted by Gasteiger charge is 2.18. The number of carbonyl (C=O) groups is 2. The molecule has 100 valence electrons. The number of anilines is 3. The van der Waals surface area contributed by atoms with E-state index < -0.39 is 0 Å². The van der Waals surface area contributed by atoms with Gasteiger partial charge in [0.1, 0.15) is 0 Å². The lowest BCUT2D eigenvalue weighted by Crippen LogP contribution is -2.11. The van der Waals surface area contributed by atoms with E-state index in [1.807, 2.05) is 6.07 Å². The minimum absolute atomic E-state index is 0.0259. The first kappa shape index (κ1) is 12.2. The van der Waals surface area contributed by atoms with Crippen LogP contribution < -0.4 is 16.4 Å². The van der Waals surface area contributed by atoms with Crippen molar-refractivity contribution in [2.24, 2.45) is 0 Å². The van der Waals surface area contributed by atoms with E-state index in [-0.39, 0.29) is 11.8 Å². The van der Waals surface area contributed by atoms with Gasteiger partial charge in [-0.1, -0.05) is 0 Å². The summed E-state index contributed by atoms with van der Waals surface area (Å²) in [6, 6.07) is 12.1.